The van der Waals surface area contributed by atoms with Crippen molar-refractivity contribution in [3.8, 4) is 0 Å². The fourth-order valence-electron chi connectivity index (χ4n) is 1.67. The molecule has 0 unspecified atom stereocenters. The van der Waals surface area contributed by atoms with Gasteiger partial charge in [-0.25, -0.2) is 5.10 Å². The van der Waals surface area contributed by atoms with Crippen molar-refractivity contribution in [3.63, 3.8) is 0 Å². The van der Waals surface area contributed by atoms with Crippen molar-refractivity contribution in [3.05, 3.63) is 35.9 Å². The summed E-state index contributed by atoms with van der Waals surface area (Å²) in [5, 5.41) is 9.73. The number of carbonyl (C=O) groups excluding carboxylic acids is 1. The van der Waals surface area contributed by atoms with Gasteiger partial charge in [-0.15, -0.1) is 5.10 Å². The molecule has 20 heavy (non-hydrogen) atoms. The van der Waals surface area contributed by atoms with Crippen LogP contribution in [0, 0.1) is 0 Å². The maximum atomic E-state index is 11.6. The number of nitrogen functional groups attached to an aromatic ring is 1. The number of anilines is 1. The van der Waals surface area contributed by atoms with Crippen molar-refractivity contribution < 1.29 is 4.79 Å². The highest BCUT2D eigenvalue weighted by Gasteiger charge is 2.05. The van der Waals surface area contributed by atoms with Gasteiger partial charge in [0.1, 0.15) is 0 Å². The van der Waals surface area contributed by atoms with Crippen LogP contribution < -0.4 is 11.1 Å². The van der Waals surface area contributed by atoms with Gasteiger partial charge in [0.05, 0.1) is 5.75 Å². The first-order valence-corrected chi connectivity index (χ1v) is 7.34. The maximum Gasteiger partial charge on any atom is 0.230 e. The third-order valence-electron chi connectivity index (χ3n) is 2.62. The first-order chi connectivity index (χ1) is 9.74. The molecule has 0 fully saturated rings. The van der Waals surface area contributed by atoms with Gasteiger partial charge in [0.2, 0.25) is 17.0 Å². The molecule has 106 valence electrons. The molecule has 2 aromatic rings. The van der Waals surface area contributed by atoms with Crippen molar-refractivity contribution in [2.45, 2.75) is 18.0 Å². The number of amides is 1. The average molecular weight is 291 g/mol. The largest absolute Gasteiger partial charge is 0.368 e. The first kappa shape index (κ1) is 14.4. The Kier molecular flexibility index (Phi) is 5.43. The number of aromatic nitrogens is 3. The second-order valence-electron chi connectivity index (χ2n) is 4.23. The van der Waals surface area contributed by atoms with E-state index in [-0.39, 0.29) is 11.9 Å². The Balaban J connectivity index is 1.58. The molecule has 6 nitrogen and oxygen atoms in total. The standard InChI is InChI=1S/C13H17N5OS/c14-12-16-13(18-17-12)20-9-11(19)15-8-4-7-10-5-2-1-3-6-10/h1-3,5-6H,4,7-9H2,(H,15,19)(H3,14,16,17,18). The minimum absolute atomic E-state index is 0.0218. The summed E-state index contributed by atoms with van der Waals surface area (Å²) in [6.45, 7) is 0.671. The highest BCUT2D eigenvalue weighted by molar-refractivity contribution is 7.99. The van der Waals surface area contributed by atoms with E-state index < -0.39 is 0 Å². The molecule has 0 aliphatic heterocycles. The monoisotopic (exact) mass is 291 g/mol. The molecule has 7 heteroatoms. The third-order valence-corrected chi connectivity index (χ3v) is 3.47. The number of H-pyrrole nitrogens is 1. The van der Waals surface area contributed by atoms with E-state index in [9.17, 15) is 4.79 Å². The van der Waals surface area contributed by atoms with E-state index in [1.165, 1.54) is 17.3 Å². The second kappa shape index (κ2) is 7.54. The molecule has 0 spiro atoms. The SMILES string of the molecule is Nc1nc(SCC(=O)NCCCc2ccccc2)n[nH]1. The molecule has 0 radical (unpaired) electrons. The number of hydrogen-bond acceptors (Lipinski definition) is 5. The Labute approximate surface area is 121 Å². The molecule has 4 N–H and O–H groups in total. The normalized spacial score (nSPS) is 10.4. The van der Waals surface area contributed by atoms with Crippen molar-refractivity contribution in [1.29, 1.82) is 0 Å². The molecule has 0 bridgehead atoms. The van der Waals surface area contributed by atoms with Crippen molar-refractivity contribution in [1.82, 2.24) is 20.5 Å². The first-order valence-electron chi connectivity index (χ1n) is 6.35. The smallest absolute Gasteiger partial charge is 0.230 e. The Morgan fingerprint density at radius 1 is 1.35 bits per heavy atom. The summed E-state index contributed by atoms with van der Waals surface area (Å²) in [6, 6.07) is 10.2. The van der Waals surface area contributed by atoms with Crippen LogP contribution >= 0.6 is 11.8 Å². The lowest BCUT2D eigenvalue weighted by atomic mass is 10.1. The molecule has 0 saturated heterocycles. The van der Waals surface area contributed by atoms with Crippen LogP contribution in [0.5, 0.6) is 0 Å². The van der Waals surface area contributed by atoms with E-state index >= 15 is 0 Å². The van der Waals surface area contributed by atoms with E-state index in [0.29, 0.717) is 17.5 Å². The molecule has 0 aliphatic carbocycles. The summed E-state index contributed by atoms with van der Waals surface area (Å²) in [7, 11) is 0. The molecule has 1 amide bonds. The summed E-state index contributed by atoms with van der Waals surface area (Å²) in [6.07, 6.45) is 1.89. The fourth-order valence-corrected chi connectivity index (χ4v) is 2.30. The Hall–Kier alpha value is -2.02. The number of carbonyl (C=O) groups is 1. The minimum atomic E-state index is -0.0218. The number of aromatic amines is 1. The molecule has 1 aromatic heterocycles. The van der Waals surface area contributed by atoms with Gasteiger partial charge in [-0.1, -0.05) is 42.1 Å². The number of nitrogens with two attached hydrogens (primary N) is 1. The molecule has 2 rings (SSSR count). The Bertz CT molecular complexity index is 543. The highest BCUT2D eigenvalue weighted by Crippen LogP contribution is 2.11. The summed E-state index contributed by atoms with van der Waals surface area (Å²) in [5.74, 6) is 0.532. The summed E-state index contributed by atoms with van der Waals surface area (Å²) < 4.78 is 0. The zero-order valence-electron chi connectivity index (χ0n) is 11.0. The van der Waals surface area contributed by atoms with Gasteiger partial charge in [-0.3, -0.25) is 4.79 Å². The molecular formula is C13H17N5OS. The summed E-state index contributed by atoms with van der Waals surface area (Å²) in [4.78, 5) is 15.5. The van der Waals surface area contributed by atoms with Gasteiger partial charge in [0, 0.05) is 6.54 Å². The Morgan fingerprint density at radius 3 is 2.85 bits per heavy atom. The number of aryl methyl sites for hydroxylation is 1. The van der Waals surface area contributed by atoms with Crippen molar-refractivity contribution >= 4 is 23.6 Å². The minimum Gasteiger partial charge on any atom is -0.368 e. The van der Waals surface area contributed by atoms with Crippen molar-refractivity contribution in [2.75, 3.05) is 18.0 Å². The van der Waals surface area contributed by atoms with Crippen LogP contribution in [0.4, 0.5) is 5.95 Å². The molecule has 0 aliphatic rings. The van der Waals surface area contributed by atoms with Crippen LogP contribution in [0.15, 0.2) is 35.5 Å². The van der Waals surface area contributed by atoms with Crippen molar-refractivity contribution in [2.24, 2.45) is 0 Å². The van der Waals surface area contributed by atoms with Crippen LogP contribution in [0.3, 0.4) is 0 Å². The Morgan fingerprint density at radius 2 is 2.15 bits per heavy atom. The zero-order chi connectivity index (χ0) is 14.2. The van der Waals surface area contributed by atoms with Crippen LogP contribution in [-0.4, -0.2) is 33.4 Å². The maximum absolute atomic E-state index is 11.6. The lowest BCUT2D eigenvalue weighted by molar-refractivity contribution is -0.118. The van der Waals surface area contributed by atoms with Crippen LogP contribution in [-0.2, 0) is 11.2 Å². The summed E-state index contributed by atoms with van der Waals surface area (Å²) in [5.41, 5.74) is 6.68. The predicted molar refractivity (Wildman–Crippen MR) is 79.3 cm³/mol. The van der Waals surface area contributed by atoms with Gasteiger partial charge in [0.25, 0.3) is 0 Å². The van der Waals surface area contributed by atoms with E-state index in [1.807, 2.05) is 18.2 Å². The molecule has 1 heterocycles. The van der Waals surface area contributed by atoms with E-state index in [4.69, 9.17) is 5.73 Å². The molecule has 0 atom stereocenters. The van der Waals surface area contributed by atoms with E-state index in [1.54, 1.807) is 0 Å². The molecular weight excluding hydrogens is 274 g/mol. The number of rotatable bonds is 7. The van der Waals surface area contributed by atoms with Gasteiger partial charge >= 0.3 is 0 Å². The lowest BCUT2D eigenvalue weighted by Gasteiger charge is -2.04. The fraction of sp³-hybridized carbons (Fsp3) is 0.308. The number of nitrogens with one attached hydrogen (secondary N) is 2. The highest BCUT2D eigenvalue weighted by atomic mass is 32.2. The quantitative estimate of drug-likeness (QED) is 0.526. The molecule has 1 aromatic carbocycles. The zero-order valence-corrected chi connectivity index (χ0v) is 11.8. The van der Waals surface area contributed by atoms with E-state index in [2.05, 4.69) is 32.6 Å². The van der Waals surface area contributed by atoms with Crippen LogP contribution in [0.25, 0.3) is 0 Å². The summed E-state index contributed by atoms with van der Waals surface area (Å²) >= 11 is 1.26. The lowest BCUT2D eigenvalue weighted by Crippen LogP contribution is -2.26. The number of nitrogens with zero attached hydrogens (tertiary/aromatic N) is 2. The molecule has 0 saturated carbocycles. The topological polar surface area (TPSA) is 96.7 Å². The van der Waals surface area contributed by atoms with E-state index in [0.717, 1.165) is 12.8 Å². The second-order valence-corrected chi connectivity index (χ2v) is 5.17. The van der Waals surface area contributed by atoms with Crippen LogP contribution in [0.2, 0.25) is 0 Å². The van der Waals surface area contributed by atoms with Crippen LogP contribution in [0.1, 0.15) is 12.0 Å². The number of benzene rings is 1. The predicted octanol–water partition coefficient (Wildman–Crippen LogP) is 1.23. The van der Waals surface area contributed by atoms with Gasteiger partial charge < -0.3 is 11.1 Å². The average Bonchev–Trinajstić information content (AvgIpc) is 2.88. The van der Waals surface area contributed by atoms with Gasteiger partial charge in [0.15, 0.2) is 0 Å². The van der Waals surface area contributed by atoms with Gasteiger partial charge in [-0.2, -0.15) is 4.98 Å². The number of thioether (sulfide) groups is 1. The number of hydrogen-bond donors (Lipinski definition) is 3. The van der Waals surface area contributed by atoms with Gasteiger partial charge in [-0.05, 0) is 18.4 Å². The third kappa shape index (κ3) is 4.93.